The summed E-state index contributed by atoms with van der Waals surface area (Å²) in [4.78, 5) is 24.0. The van der Waals surface area contributed by atoms with Crippen LogP contribution in [0.2, 0.25) is 0 Å². The van der Waals surface area contributed by atoms with Gasteiger partial charge in [0.15, 0.2) is 0 Å². The highest BCUT2D eigenvalue weighted by molar-refractivity contribution is 7.99. The summed E-state index contributed by atoms with van der Waals surface area (Å²) in [6, 6.07) is 4.76. The van der Waals surface area contributed by atoms with Gasteiger partial charge in [-0.3, -0.25) is 14.9 Å². The third kappa shape index (κ3) is 2.11. The molecule has 20 heavy (non-hydrogen) atoms. The summed E-state index contributed by atoms with van der Waals surface area (Å²) in [5.41, 5.74) is 1.76. The topological polar surface area (TPSA) is 83.7 Å². The molecule has 2 aliphatic heterocycles. The number of carboxylic acids is 1. The van der Waals surface area contributed by atoms with Crippen LogP contribution in [0, 0.1) is 16.0 Å². The van der Waals surface area contributed by atoms with Gasteiger partial charge in [-0.1, -0.05) is 0 Å². The number of carbonyl (C=O) groups is 1. The van der Waals surface area contributed by atoms with Crippen LogP contribution in [0.5, 0.6) is 0 Å². The largest absolute Gasteiger partial charge is 0.481 e. The van der Waals surface area contributed by atoms with Gasteiger partial charge in [-0.05, 0) is 18.1 Å². The van der Waals surface area contributed by atoms with Crippen LogP contribution >= 0.6 is 11.8 Å². The second kappa shape index (κ2) is 4.97. The van der Waals surface area contributed by atoms with Crippen LogP contribution in [0.25, 0.3) is 0 Å². The van der Waals surface area contributed by atoms with E-state index in [0.717, 1.165) is 29.3 Å². The van der Waals surface area contributed by atoms with Gasteiger partial charge in [0, 0.05) is 35.9 Å². The van der Waals surface area contributed by atoms with Gasteiger partial charge in [-0.25, -0.2) is 0 Å². The number of nitro benzene ring substituents is 1. The Labute approximate surface area is 119 Å². The molecular weight excluding hydrogens is 280 g/mol. The number of benzene rings is 1. The number of aliphatic carboxylic acids is 1. The highest BCUT2D eigenvalue weighted by Gasteiger charge is 2.40. The summed E-state index contributed by atoms with van der Waals surface area (Å²) in [6.07, 6.45) is 0.369. The Balaban J connectivity index is 2.04. The lowest BCUT2D eigenvalue weighted by molar-refractivity contribution is -0.384. The third-order valence-electron chi connectivity index (χ3n) is 3.97. The van der Waals surface area contributed by atoms with Crippen molar-refractivity contribution in [2.45, 2.75) is 12.5 Å². The molecule has 0 aliphatic carbocycles. The molecule has 2 heterocycles. The summed E-state index contributed by atoms with van der Waals surface area (Å²) in [5.74, 6) is 0.448. The van der Waals surface area contributed by atoms with Crippen molar-refractivity contribution in [2.24, 2.45) is 5.92 Å². The molecule has 106 valence electrons. The molecule has 0 amide bonds. The van der Waals surface area contributed by atoms with Crippen LogP contribution in [0.15, 0.2) is 18.2 Å². The van der Waals surface area contributed by atoms with Crippen molar-refractivity contribution in [2.75, 3.05) is 23.0 Å². The molecule has 1 aromatic rings. The maximum atomic E-state index is 11.5. The van der Waals surface area contributed by atoms with Gasteiger partial charge in [0.05, 0.1) is 16.9 Å². The van der Waals surface area contributed by atoms with Crippen molar-refractivity contribution in [3.05, 3.63) is 33.9 Å². The average Bonchev–Trinajstić information content (AvgIpc) is 2.45. The van der Waals surface area contributed by atoms with Gasteiger partial charge >= 0.3 is 5.97 Å². The van der Waals surface area contributed by atoms with Crippen LogP contribution in [-0.4, -0.2) is 40.1 Å². The van der Waals surface area contributed by atoms with Gasteiger partial charge in [0.2, 0.25) is 0 Å². The number of hydrogen-bond acceptors (Lipinski definition) is 5. The van der Waals surface area contributed by atoms with Crippen molar-refractivity contribution in [1.82, 2.24) is 0 Å². The van der Waals surface area contributed by atoms with Crippen LogP contribution in [0.1, 0.15) is 5.56 Å². The molecule has 2 atom stereocenters. The second-order valence-corrected chi connectivity index (χ2v) is 6.20. The fourth-order valence-corrected chi connectivity index (χ4v) is 4.16. The summed E-state index contributed by atoms with van der Waals surface area (Å²) in [6.45, 7) is 0.796. The number of rotatable bonds is 2. The number of carboxylic acid groups (broad SMARTS) is 1. The number of non-ortho nitro benzene ring substituents is 1. The molecule has 1 saturated heterocycles. The van der Waals surface area contributed by atoms with Crippen LogP contribution < -0.4 is 4.90 Å². The minimum Gasteiger partial charge on any atom is -0.481 e. The van der Waals surface area contributed by atoms with Crippen molar-refractivity contribution < 1.29 is 14.8 Å². The molecule has 1 N–H and O–H groups in total. The molecule has 3 rings (SSSR count). The standard InChI is InChI=1S/C13H14N2O4S/c16-13(17)10-6-8-5-9(15(18)19)1-2-11(8)14-3-4-20-7-12(10)14/h1-2,5,10,12H,3-4,6-7H2,(H,16,17). The Hall–Kier alpha value is -1.76. The van der Waals surface area contributed by atoms with E-state index in [0.29, 0.717) is 6.42 Å². The molecule has 0 radical (unpaired) electrons. The number of hydrogen-bond donors (Lipinski definition) is 1. The molecular formula is C13H14N2O4S. The first-order valence-electron chi connectivity index (χ1n) is 6.42. The van der Waals surface area contributed by atoms with Crippen molar-refractivity contribution in [3.63, 3.8) is 0 Å². The van der Waals surface area contributed by atoms with Gasteiger partial charge in [-0.15, -0.1) is 0 Å². The number of thioether (sulfide) groups is 1. The van der Waals surface area contributed by atoms with E-state index in [4.69, 9.17) is 0 Å². The number of anilines is 1. The Morgan fingerprint density at radius 1 is 1.50 bits per heavy atom. The number of nitro groups is 1. The zero-order chi connectivity index (χ0) is 14.3. The van der Waals surface area contributed by atoms with Gasteiger partial charge in [-0.2, -0.15) is 11.8 Å². The molecule has 0 spiro atoms. The molecule has 1 fully saturated rings. The van der Waals surface area contributed by atoms with Crippen LogP contribution in [0.3, 0.4) is 0 Å². The molecule has 0 aromatic heterocycles. The smallest absolute Gasteiger partial charge is 0.308 e. The Morgan fingerprint density at radius 3 is 3.00 bits per heavy atom. The van der Waals surface area contributed by atoms with Crippen molar-refractivity contribution in [1.29, 1.82) is 0 Å². The minimum absolute atomic E-state index is 0.0137. The molecule has 2 aliphatic rings. The predicted octanol–water partition coefficient (Wildman–Crippen LogP) is 1.77. The molecule has 7 heteroatoms. The lowest BCUT2D eigenvalue weighted by atomic mass is 9.86. The summed E-state index contributed by atoms with van der Waals surface area (Å²) in [5, 5.41) is 20.3. The zero-order valence-electron chi connectivity index (χ0n) is 10.7. The fraction of sp³-hybridized carbons (Fsp3) is 0.462. The van der Waals surface area contributed by atoms with Crippen molar-refractivity contribution in [3.8, 4) is 0 Å². The Bertz CT molecular complexity index is 577. The number of fused-ring (bicyclic) bond motifs is 3. The maximum absolute atomic E-state index is 11.5. The highest BCUT2D eigenvalue weighted by Crippen LogP contribution is 2.39. The lowest BCUT2D eigenvalue weighted by Gasteiger charge is -2.44. The molecule has 6 nitrogen and oxygen atoms in total. The maximum Gasteiger partial charge on any atom is 0.308 e. The van der Waals surface area contributed by atoms with Gasteiger partial charge < -0.3 is 10.0 Å². The third-order valence-corrected chi connectivity index (χ3v) is 5.02. The first kappa shape index (κ1) is 13.2. The summed E-state index contributed by atoms with van der Waals surface area (Å²) < 4.78 is 0. The molecule has 1 aromatic carbocycles. The monoisotopic (exact) mass is 294 g/mol. The normalized spacial score (nSPS) is 24.7. The first-order valence-corrected chi connectivity index (χ1v) is 7.58. The van der Waals surface area contributed by atoms with E-state index in [1.807, 2.05) is 0 Å². The van der Waals surface area contributed by atoms with E-state index in [-0.39, 0.29) is 11.7 Å². The number of nitrogens with zero attached hydrogens (tertiary/aromatic N) is 2. The quantitative estimate of drug-likeness (QED) is 0.661. The van der Waals surface area contributed by atoms with E-state index < -0.39 is 16.8 Å². The highest BCUT2D eigenvalue weighted by atomic mass is 32.2. The van der Waals surface area contributed by atoms with Gasteiger partial charge in [0.25, 0.3) is 5.69 Å². The van der Waals surface area contributed by atoms with E-state index in [9.17, 15) is 20.0 Å². The van der Waals surface area contributed by atoms with Gasteiger partial charge in [0.1, 0.15) is 0 Å². The minimum atomic E-state index is -0.820. The molecule has 0 bridgehead atoms. The van der Waals surface area contributed by atoms with E-state index in [1.165, 1.54) is 12.1 Å². The SMILES string of the molecule is O=C(O)C1Cc2cc([N+](=O)[O-])ccc2N2CCSCC12. The molecule has 2 unspecified atom stereocenters. The van der Waals surface area contributed by atoms with Crippen LogP contribution in [-0.2, 0) is 11.2 Å². The zero-order valence-corrected chi connectivity index (χ0v) is 11.5. The summed E-state index contributed by atoms with van der Waals surface area (Å²) in [7, 11) is 0. The Morgan fingerprint density at radius 2 is 2.30 bits per heavy atom. The lowest BCUT2D eigenvalue weighted by Crippen LogP contribution is -2.52. The van der Waals surface area contributed by atoms with E-state index >= 15 is 0 Å². The fourth-order valence-electron chi connectivity index (χ4n) is 3.01. The predicted molar refractivity (Wildman–Crippen MR) is 76.4 cm³/mol. The second-order valence-electron chi connectivity index (χ2n) is 5.05. The van der Waals surface area contributed by atoms with Crippen molar-refractivity contribution >= 4 is 29.1 Å². The van der Waals surface area contributed by atoms with Crippen LogP contribution in [0.4, 0.5) is 11.4 Å². The summed E-state index contributed by atoms with van der Waals surface area (Å²) >= 11 is 1.77. The Kier molecular flexibility index (Phi) is 3.29. The molecule has 0 saturated carbocycles. The van der Waals surface area contributed by atoms with E-state index in [2.05, 4.69) is 4.90 Å². The first-order chi connectivity index (χ1) is 9.58. The average molecular weight is 294 g/mol. The van der Waals surface area contributed by atoms with E-state index in [1.54, 1.807) is 17.8 Å².